The van der Waals surface area contributed by atoms with Crippen LogP contribution in [0.2, 0.25) is 0 Å². The van der Waals surface area contributed by atoms with Gasteiger partial charge in [0.2, 0.25) is 0 Å². The van der Waals surface area contributed by atoms with Gasteiger partial charge in [0.25, 0.3) is 0 Å². The van der Waals surface area contributed by atoms with Crippen LogP contribution in [-0.2, 0) is 0 Å². The van der Waals surface area contributed by atoms with Crippen molar-refractivity contribution in [2.24, 2.45) is 0 Å². The maximum atomic E-state index is 4.43. The van der Waals surface area contributed by atoms with E-state index in [1.165, 1.54) is 11.1 Å². The lowest BCUT2D eigenvalue weighted by Crippen LogP contribution is -1.89. The van der Waals surface area contributed by atoms with Crippen LogP contribution < -0.4 is 0 Å². The fourth-order valence-corrected chi connectivity index (χ4v) is 5.55. The fraction of sp³-hybridized carbons (Fsp3) is 0.0250. The van der Waals surface area contributed by atoms with E-state index in [4.69, 9.17) is 0 Å². The molecule has 3 nitrogen and oxygen atoms in total. The van der Waals surface area contributed by atoms with Crippen LogP contribution in [0.25, 0.3) is 66.8 Å². The summed E-state index contributed by atoms with van der Waals surface area (Å²) in [7, 11) is 0. The maximum absolute atomic E-state index is 4.43. The SMILES string of the molecule is Cc1cncc(-c2cccc(-c3cc(-c4cccc(-c5ccncc5)c4)cc(-c4cccc(-c5cccnc5)c4)c3)c2)c1. The summed E-state index contributed by atoms with van der Waals surface area (Å²) in [6.07, 6.45) is 11.2. The van der Waals surface area contributed by atoms with Crippen molar-refractivity contribution in [1.82, 2.24) is 15.0 Å². The van der Waals surface area contributed by atoms with E-state index in [1.54, 1.807) is 0 Å². The van der Waals surface area contributed by atoms with E-state index in [2.05, 4.69) is 137 Å². The molecule has 7 rings (SSSR count). The molecule has 3 aromatic heterocycles. The Labute approximate surface area is 252 Å². The molecule has 0 spiro atoms. The first-order chi connectivity index (χ1) is 21.2. The molecule has 0 aliphatic heterocycles. The molecule has 0 unspecified atom stereocenters. The second kappa shape index (κ2) is 11.7. The van der Waals surface area contributed by atoms with Crippen LogP contribution in [0.3, 0.4) is 0 Å². The molecule has 7 aromatic rings. The van der Waals surface area contributed by atoms with Gasteiger partial charge in [0.15, 0.2) is 0 Å². The normalized spacial score (nSPS) is 10.9. The molecule has 0 aliphatic rings. The molecule has 3 heterocycles. The van der Waals surface area contributed by atoms with Gasteiger partial charge in [0.05, 0.1) is 0 Å². The molecular weight excluding hydrogens is 522 g/mol. The summed E-state index contributed by atoms with van der Waals surface area (Å²) in [4.78, 5) is 13.0. The minimum absolute atomic E-state index is 1.10. The predicted molar refractivity (Wildman–Crippen MR) is 177 cm³/mol. The number of hydrogen-bond donors (Lipinski definition) is 0. The molecule has 4 aromatic carbocycles. The Morgan fingerprint density at radius 2 is 0.744 bits per heavy atom. The van der Waals surface area contributed by atoms with E-state index >= 15 is 0 Å². The molecule has 0 saturated heterocycles. The average Bonchev–Trinajstić information content (AvgIpc) is 3.09. The van der Waals surface area contributed by atoms with Crippen molar-refractivity contribution in [2.45, 2.75) is 6.92 Å². The second-order valence-corrected chi connectivity index (χ2v) is 10.8. The van der Waals surface area contributed by atoms with Gasteiger partial charge in [-0.15, -0.1) is 0 Å². The maximum Gasteiger partial charge on any atom is 0.0346 e. The van der Waals surface area contributed by atoms with E-state index in [1.807, 2.05) is 43.2 Å². The Morgan fingerprint density at radius 3 is 1.26 bits per heavy atom. The molecule has 0 aliphatic carbocycles. The highest BCUT2D eigenvalue weighted by Crippen LogP contribution is 2.36. The molecule has 43 heavy (non-hydrogen) atoms. The first kappa shape index (κ1) is 26.2. The van der Waals surface area contributed by atoms with Crippen LogP contribution in [0.1, 0.15) is 5.56 Å². The van der Waals surface area contributed by atoms with E-state index < -0.39 is 0 Å². The molecular formula is C40H29N3. The molecule has 0 N–H and O–H groups in total. The third kappa shape index (κ3) is 5.74. The largest absolute Gasteiger partial charge is 0.265 e. The molecule has 0 amide bonds. The number of aromatic nitrogens is 3. The average molecular weight is 552 g/mol. The Bertz CT molecular complexity index is 1930. The zero-order chi connectivity index (χ0) is 29.0. The van der Waals surface area contributed by atoms with Gasteiger partial charge in [-0.05, 0) is 129 Å². The lowest BCUT2D eigenvalue weighted by Gasteiger charge is -2.14. The Morgan fingerprint density at radius 1 is 0.302 bits per heavy atom. The Kier molecular flexibility index (Phi) is 7.12. The summed E-state index contributed by atoms with van der Waals surface area (Å²) >= 11 is 0. The van der Waals surface area contributed by atoms with E-state index in [0.29, 0.717) is 0 Å². The summed E-state index contributed by atoms with van der Waals surface area (Å²) in [6.45, 7) is 2.08. The molecule has 0 atom stereocenters. The molecule has 3 heteroatoms. The van der Waals surface area contributed by atoms with Crippen molar-refractivity contribution in [1.29, 1.82) is 0 Å². The van der Waals surface area contributed by atoms with Crippen LogP contribution in [0.4, 0.5) is 0 Å². The topological polar surface area (TPSA) is 38.7 Å². The van der Waals surface area contributed by atoms with Crippen molar-refractivity contribution in [3.8, 4) is 66.8 Å². The number of aryl methyl sites for hydroxylation is 1. The highest BCUT2D eigenvalue weighted by Gasteiger charge is 2.11. The standard InChI is InChI=1S/C40H29N3/c1-28-18-40(27-43-25-28)35-11-4-10-34(21-35)39-23-37(32-8-2-6-30(19-32)29-13-16-41-17-14-29)22-38(24-39)33-9-3-7-31(20-33)36-12-5-15-42-26-36/h2-27H,1H3. The molecule has 204 valence electrons. The van der Waals surface area contributed by atoms with Gasteiger partial charge in [-0.25, -0.2) is 0 Å². The Hall–Kier alpha value is -5.67. The molecule has 0 fully saturated rings. The van der Waals surface area contributed by atoms with Gasteiger partial charge >= 0.3 is 0 Å². The number of rotatable bonds is 6. The zero-order valence-electron chi connectivity index (χ0n) is 23.9. The molecule has 0 bridgehead atoms. The summed E-state index contributed by atoms with van der Waals surface area (Å²) in [5, 5.41) is 0. The lowest BCUT2D eigenvalue weighted by molar-refractivity contribution is 1.27. The predicted octanol–water partition coefficient (Wildman–Crippen LogP) is 10.2. The van der Waals surface area contributed by atoms with E-state index in [0.717, 1.165) is 61.2 Å². The van der Waals surface area contributed by atoms with E-state index in [-0.39, 0.29) is 0 Å². The van der Waals surface area contributed by atoms with Crippen LogP contribution in [0.15, 0.2) is 159 Å². The number of hydrogen-bond acceptors (Lipinski definition) is 3. The summed E-state index contributed by atoms with van der Waals surface area (Å²) in [6, 6.07) is 43.4. The lowest BCUT2D eigenvalue weighted by atomic mass is 9.90. The van der Waals surface area contributed by atoms with Gasteiger partial charge in [-0.2, -0.15) is 0 Å². The second-order valence-electron chi connectivity index (χ2n) is 10.8. The van der Waals surface area contributed by atoms with Crippen LogP contribution >= 0.6 is 0 Å². The van der Waals surface area contributed by atoms with Gasteiger partial charge in [0, 0.05) is 48.3 Å². The van der Waals surface area contributed by atoms with Crippen molar-refractivity contribution >= 4 is 0 Å². The zero-order valence-corrected chi connectivity index (χ0v) is 23.9. The first-order valence-electron chi connectivity index (χ1n) is 14.4. The first-order valence-corrected chi connectivity index (χ1v) is 14.4. The molecule has 0 saturated carbocycles. The van der Waals surface area contributed by atoms with Crippen LogP contribution in [0, 0.1) is 6.92 Å². The number of nitrogens with zero attached hydrogens (tertiary/aromatic N) is 3. The van der Waals surface area contributed by atoms with Gasteiger partial charge in [-0.3, -0.25) is 15.0 Å². The minimum atomic E-state index is 1.10. The van der Waals surface area contributed by atoms with Crippen molar-refractivity contribution in [3.63, 3.8) is 0 Å². The van der Waals surface area contributed by atoms with Gasteiger partial charge < -0.3 is 0 Å². The van der Waals surface area contributed by atoms with Gasteiger partial charge in [0.1, 0.15) is 0 Å². The fourth-order valence-electron chi connectivity index (χ4n) is 5.55. The summed E-state index contributed by atoms with van der Waals surface area (Å²) in [5.41, 5.74) is 15.0. The summed E-state index contributed by atoms with van der Waals surface area (Å²) in [5.74, 6) is 0. The van der Waals surface area contributed by atoms with Gasteiger partial charge in [-0.1, -0.05) is 60.7 Å². The van der Waals surface area contributed by atoms with Crippen LogP contribution in [0.5, 0.6) is 0 Å². The highest BCUT2D eigenvalue weighted by molar-refractivity contribution is 5.85. The monoisotopic (exact) mass is 551 g/mol. The highest BCUT2D eigenvalue weighted by atomic mass is 14.6. The summed E-state index contributed by atoms with van der Waals surface area (Å²) < 4.78 is 0. The van der Waals surface area contributed by atoms with Crippen molar-refractivity contribution in [3.05, 3.63) is 164 Å². The third-order valence-corrected chi connectivity index (χ3v) is 7.74. The third-order valence-electron chi connectivity index (χ3n) is 7.74. The van der Waals surface area contributed by atoms with Crippen molar-refractivity contribution in [2.75, 3.05) is 0 Å². The number of pyridine rings is 3. The molecule has 0 radical (unpaired) electrons. The smallest absolute Gasteiger partial charge is 0.0346 e. The Balaban J connectivity index is 1.38. The number of benzene rings is 4. The van der Waals surface area contributed by atoms with Crippen molar-refractivity contribution < 1.29 is 0 Å². The van der Waals surface area contributed by atoms with Crippen LogP contribution in [-0.4, -0.2) is 15.0 Å². The quantitative estimate of drug-likeness (QED) is 0.206. The minimum Gasteiger partial charge on any atom is -0.265 e. The van der Waals surface area contributed by atoms with E-state index in [9.17, 15) is 0 Å².